The van der Waals surface area contributed by atoms with Crippen LogP contribution in [0.3, 0.4) is 0 Å². The summed E-state index contributed by atoms with van der Waals surface area (Å²) in [7, 11) is 0. The van der Waals surface area contributed by atoms with E-state index in [-0.39, 0.29) is 5.91 Å². The molecular weight excluding hydrogens is 224 g/mol. The molecule has 0 fully saturated rings. The molecule has 0 aromatic carbocycles. The Labute approximate surface area is 99.7 Å². The number of amides is 1. The van der Waals surface area contributed by atoms with Crippen LogP contribution in [0.5, 0.6) is 0 Å². The lowest BCUT2D eigenvalue weighted by atomic mass is 10.2. The third-order valence-electron chi connectivity index (χ3n) is 1.66. The average Bonchev–Trinajstić information content (AvgIpc) is 2.25. The van der Waals surface area contributed by atoms with Gasteiger partial charge in [-0.25, -0.2) is 10.5 Å². The molecule has 0 bridgehead atoms. The summed E-state index contributed by atoms with van der Waals surface area (Å²) in [6.07, 6.45) is 3.54. The molecule has 0 spiro atoms. The van der Waals surface area contributed by atoms with Gasteiger partial charge in [-0.15, -0.1) is 11.8 Å². The van der Waals surface area contributed by atoms with E-state index in [1.54, 1.807) is 18.3 Å². The minimum atomic E-state index is -0.405. The van der Waals surface area contributed by atoms with Gasteiger partial charge in [-0.2, -0.15) is 0 Å². The van der Waals surface area contributed by atoms with Crippen LogP contribution in [0.25, 0.3) is 0 Å². The molecule has 1 aromatic heterocycles. The van der Waals surface area contributed by atoms with Crippen LogP contribution in [-0.2, 0) is 4.84 Å². The second kappa shape index (κ2) is 5.32. The maximum atomic E-state index is 11.8. The summed E-state index contributed by atoms with van der Waals surface area (Å²) in [5, 5.41) is 0.692. The fourth-order valence-corrected chi connectivity index (χ4v) is 1.53. The molecule has 0 radical (unpaired) electrons. The molecule has 1 aromatic rings. The van der Waals surface area contributed by atoms with Crippen molar-refractivity contribution in [3.8, 4) is 0 Å². The van der Waals surface area contributed by atoms with Crippen LogP contribution in [0.15, 0.2) is 23.4 Å². The van der Waals surface area contributed by atoms with Gasteiger partial charge in [-0.05, 0) is 39.2 Å². The van der Waals surface area contributed by atoms with Crippen molar-refractivity contribution < 1.29 is 9.63 Å². The van der Waals surface area contributed by atoms with Gasteiger partial charge in [0.15, 0.2) is 0 Å². The highest BCUT2D eigenvalue weighted by molar-refractivity contribution is 7.98. The van der Waals surface area contributed by atoms with Crippen LogP contribution < -0.4 is 5.48 Å². The standard InChI is InChI=1S/C11H16N2O2S/c1-11(2,3)15-13-9(14)8-6-5-7-12-10(8)16-4/h5-7H,1-4H3,(H,13,14). The highest BCUT2D eigenvalue weighted by Gasteiger charge is 2.16. The monoisotopic (exact) mass is 240 g/mol. The summed E-state index contributed by atoms with van der Waals surface area (Å²) in [5.74, 6) is -0.271. The number of nitrogens with one attached hydrogen (secondary N) is 1. The number of carbonyl (C=O) groups excluding carboxylic acids is 1. The first-order valence-electron chi connectivity index (χ1n) is 4.91. The van der Waals surface area contributed by atoms with E-state index < -0.39 is 5.60 Å². The van der Waals surface area contributed by atoms with Crippen molar-refractivity contribution in [2.75, 3.05) is 6.26 Å². The number of aromatic nitrogens is 1. The van der Waals surface area contributed by atoms with Gasteiger partial charge in [0, 0.05) is 6.20 Å². The summed E-state index contributed by atoms with van der Waals surface area (Å²) < 4.78 is 0. The smallest absolute Gasteiger partial charge is 0.268 e. The van der Waals surface area contributed by atoms with Gasteiger partial charge in [0.2, 0.25) is 0 Å². The molecule has 0 atom stereocenters. The van der Waals surface area contributed by atoms with Crippen molar-refractivity contribution in [1.82, 2.24) is 10.5 Å². The first-order chi connectivity index (χ1) is 7.44. The van der Waals surface area contributed by atoms with E-state index >= 15 is 0 Å². The summed E-state index contributed by atoms with van der Waals surface area (Å²) in [6, 6.07) is 3.45. The van der Waals surface area contributed by atoms with Gasteiger partial charge in [0.25, 0.3) is 5.91 Å². The van der Waals surface area contributed by atoms with E-state index in [0.29, 0.717) is 10.6 Å². The van der Waals surface area contributed by atoms with E-state index in [0.717, 1.165) is 0 Å². The average molecular weight is 240 g/mol. The number of hydroxylamine groups is 1. The molecule has 1 rings (SSSR count). The molecule has 1 amide bonds. The number of rotatable bonds is 3. The van der Waals surface area contributed by atoms with Crippen molar-refractivity contribution in [3.05, 3.63) is 23.9 Å². The molecule has 1 N–H and O–H groups in total. The fourth-order valence-electron chi connectivity index (χ4n) is 0.981. The van der Waals surface area contributed by atoms with Crippen LogP contribution in [0.1, 0.15) is 31.1 Å². The number of nitrogens with zero attached hydrogens (tertiary/aromatic N) is 1. The normalized spacial score (nSPS) is 11.2. The SMILES string of the molecule is CSc1ncccc1C(=O)NOC(C)(C)C. The van der Waals surface area contributed by atoms with Crippen molar-refractivity contribution in [2.24, 2.45) is 0 Å². The van der Waals surface area contributed by atoms with Crippen LogP contribution in [0.2, 0.25) is 0 Å². The number of hydrogen-bond donors (Lipinski definition) is 1. The second-order valence-corrected chi connectivity index (χ2v) is 5.00. The second-order valence-electron chi connectivity index (χ2n) is 4.21. The fraction of sp³-hybridized carbons (Fsp3) is 0.455. The predicted molar refractivity (Wildman–Crippen MR) is 64.3 cm³/mol. The molecule has 4 nitrogen and oxygen atoms in total. The minimum Gasteiger partial charge on any atom is -0.268 e. The zero-order valence-corrected chi connectivity index (χ0v) is 10.7. The molecule has 88 valence electrons. The van der Waals surface area contributed by atoms with Gasteiger partial charge in [0.05, 0.1) is 11.2 Å². The molecule has 0 unspecified atom stereocenters. The topological polar surface area (TPSA) is 51.2 Å². The van der Waals surface area contributed by atoms with E-state index in [9.17, 15) is 4.79 Å². The summed E-state index contributed by atoms with van der Waals surface area (Å²) in [5.41, 5.74) is 2.54. The van der Waals surface area contributed by atoms with Crippen LogP contribution in [-0.4, -0.2) is 22.7 Å². The van der Waals surface area contributed by atoms with Crippen LogP contribution >= 0.6 is 11.8 Å². The Hall–Kier alpha value is -1.07. The maximum absolute atomic E-state index is 11.8. The Bertz CT molecular complexity index is 374. The number of pyridine rings is 1. The zero-order chi connectivity index (χ0) is 12.2. The Balaban J connectivity index is 2.73. The largest absolute Gasteiger partial charge is 0.277 e. The quantitative estimate of drug-likeness (QED) is 0.650. The lowest BCUT2D eigenvalue weighted by Crippen LogP contribution is -2.33. The van der Waals surface area contributed by atoms with E-state index in [4.69, 9.17) is 4.84 Å². The van der Waals surface area contributed by atoms with Crippen molar-refractivity contribution >= 4 is 17.7 Å². The van der Waals surface area contributed by atoms with Gasteiger partial charge in [-0.3, -0.25) is 9.63 Å². The van der Waals surface area contributed by atoms with Gasteiger partial charge in [-0.1, -0.05) is 0 Å². The van der Waals surface area contributed by atoms with Crippen molar-refractivity contribution in [3.63, 3.8) is 0 Å². The van der Waals surface area contributed by atoms with E-state index in [1.165, 1.54) is 11.8 Å². The first-order valence-corrected chi connectivity index (χ1v) is 6.14. The molecule has 16 heavy (non-hydrogen) atoms. The third-order valence-corrected chi connectivity index (χ3v) is 2.37. The number of hydrogen-bond acceptors (Lipinski definition) is 4. The molecular formula is C11H16N2O2S. The summed E-state index contributed by atoms with van der Waals surface area (Å²) in [4.78, 5) is 21.1. The zero-order valence-electron chi connectivity index (χ0n) is 9.90. The molecule has 0 aliphatic carbocycles. The number of thioether (sulfide) groups is 1. The summed E-state index contributed by atoms with van der Waals surface area (Å²) in [6.45, 7) is 5.60. The Morgan fingerprint density at radius 1 is 1.50 bits per heavy atom. The molecule has 5 heteroatoms. The molecule has 0 saturated heterocycles. The maximum Gasteiger partial charge on any atom is 0.277 e. The van der Waals surface area contributed by atoms with Crippen LogP contribution in [0.4, 0.5) is 0 Å². The minimum absolute atomic E-state index is 0.271. The molecule has 1 heterocycles. The van der Waals surface area contributed by atoms with Crippen molar-refractivity contribution in [1.29, 1.82) is 0 Å². The lowest BCUT2D eigenvalue weighted by Gasteiger charge is -2.19. The Kier molecular flexibility index (Phi) is 4.32. The Morgan fingerprint density at radius 2 is 2.19 bits per heavy atom. The molecule has 0 saturated carbocycles. The van der Waals surface area contributed by atoms with E-state index in [1.807, 2.05) is 27.0 Å². The van der Waals surface area contributed by atoms with E-state index in [2.05, 4.69) is 10.5 Å². The lowest BCUT2D eigenvalue weighted by molar-refractivity contribution is -0.0591. The third kappa shape index (κ3) is 3.83. The number of carbonyl (C=O) groups is 1. The van der Waals surface area contributed by atoms with Crippen molar-refractivity contribution in [2.45, 2.75) is 31.4 Å². The van der Waals surface area contributed by atoms with Gasteiger partial charge < -0.3 is 0 Å². The molecule has 0 aliphatic heterocycles. The summed E-state index contributed by atoms with van der Waals surface area (Å²) >= 11 is 1.43. The van der Waals surface area contributed by atoms with Crippen LogP contribution in [0, 0.1) is 0 Å². The highest BCUT2D eigenvalue weighted by atomic mass is 32.2. The highest BCUT2D eigenvalue weighted by Crippen LogP contribution is 2.16. The van der Waals surface area contributed by atoms with Gasteiger partial charge >= 0.3 is 0 Å². The Morgan fingerprint density at radius 3 is 2.75 bits per heavy atom. The van der Waals surface area contributed by atoms with Gasteiger partial charge in [0.1, 0.15) is 5.03 Å². The first kappa shape index (κ1) is 13.0. The molecule has 0 aliphatic rings. The predicted octanol–water partition coefficient (Wildman–Crippen LogP) is 2.26.